The highest BCUT2D eigenvalue weighted by atomic mass is 16.5. The van der Waals surface area contributed by atoms with Crippen LogP contribution in [-0.4, -0.2) is 54.9 Å². The van der Waals surface area contributed by atoms with E-state index >= 15 is 0 Å². The van der Waals surface area contributed by atoms with Crippen molar-refractivity contribution in [2.75, 3.05) is 26.8 Å². The van der Waals surface area contributed by atoms with Gasteiger partial charge in [0.25, 0.3) is 0 Å². The zero-order valence-corrected chi connectivity index (χ0v) is 9.19. The summed E-state index contributed by atoms with van der Waals surface area (Å²) in [6.07, 6.45) is 2.81. The molecule has 1 rings (SSSR count). The van der Waals surface area contributed by atoms with Crippen molar-refractivity contribution >= 4 is 5.97 Å². The molecule has 2 unspecified atom stereocenters. The van der Waals surface area contributed by atoms with Crippen LogP contribution in [0.25, 0.3) is 0 Å². The summed E-state index contributed by atoms with van der Waals surface area (Å²) in [5.74, 6) is -0.919. The molecule has 0 bridgehead atoms. The van der Waals surface area contributed by atoms with Crippen LogP contribution in [0.2, 0.25) is 0 Å². The van der Waals surface area contributed by atoms with Crippen LogP contribution in [-0.2, 0) is 9.53 Å². The second kappa shape index (κ2) is 6.05. The lowest BCUT2D eigenvalue weighted by Crippen LogP contribution is -2.38. The van der Waals surface area contributed by atoms with Crippen LogP contribution < -0.4 is 5.73 Å². The molecule has 0 aliphatic carbocycles. The van der Waals surface area contributed by atoms with Gasteiger partial charge >= 0.3 is 5.97 Å². The second-order valence-corrected chi connectivity index (χ2v) is 4.02. The summed E-state index contributed by atoms with van der Waals surface area (Å²) in [5.41, 5.74) is 5.46. The van der Waals surface area contributed by atoms with E-state index in [1.807, 2.05) is 0 Å². The maximum Gasteiger partial charge on any atom is 0.320 e. The molecule has 15 heavy (non-hydrogen) atoms. The van der Waals surface area contributed by atoms with E-state index in [-0.39, 0.29) is 0 Å². The van der Waals surface area contributed by atoms with Gasteiger partial charge < -0.3 is 15.6 Å². The number of ether oxygens (including phenoxy) is 1. The highest BCUT2D eigenvalue weighted by molar-refractivity contribution is 5.72. The van der Waals surface area contributed by atoms with E-state index in [1.165, 1.54) is 0 Å². The molecule has 88 valence electrons. The summed E-state index contributed by atoms with van der Waals surface area (Å²) >= 11 is 0. The average molecular weight is 216 g/mol. The number of likely N-dealkylation sites (tertiary alicyclic amines) is 1. The van der Waals surface area contributed by atoms with Gasteiger partial charge in [-0.3, -0.25) is 9.69 Å². The Morgan fingerprint density at radius 1 is 1.73 bits per heavy atom. The van der Waals surface area contributed by atoms with Crippen LogP contribution >= 0.6 is 0 Å². The van der Waals surface area contributed by atoms with Crippen molar-refractivity contribution in [1.29, 1.82) is 0 Å². The minimum Gasteiger partial charge on any atom is -0.480 e. The van der Waals surface area contributed by atoms with Crippen molar-refractivity contribution in [3.05, 3.63) is 0 Å². The number of nitrogens with zero attached hydrogens (tertiary/aromatic N) is 1. The molecule has 0 aromatic carbocycles. The predicted octanol–water partition coefficient (Wildman–Crippen LogP) is -0.101. The van der Waals surface area contributed by atoms with Gasteiger partial charge in [0, 0.05) is 19.7 Å². The standard InChI is InChI=1S/C10H20N2O3/c1-15-7-8-3-2-5-12(8)6-4-9(11)10(13)14/h8-9H,2-7,11H2,1H3,(H,13,14). The fourth-order valence-corrected chi connectivity index (χ4v) is 2.00. The van der Waals surface area contributed by atoms with Crippen molar-refractivity contribution in [1.82, 2.24) is 4.90 Å². The summed E-state index contributed by atoms with van der Waals surface area (Å²) in [6, 6.07) is -0.301. The maximum absolute atomic E-state index is 10.5. The maximum atomic E-state index is 10.5. The number of methoxy groups -OCH3 is 1. The topological polar surface area (TPSA) is 75.8 Å². The van der Waals surface area contributed by atoms with Crippen LogP contribution in [0.1, 0.15) is 19.3 Å². The molecule has 3 N–H and O–H groups in total. The van der Waals surface area contributed by atoms with Crippen molar-refractivity contribution in [2.24, 2.45) is 5.73 Å². The molecule has 1 aliphatic rings. The number of hydrogen-bond donors (Lipinski definition) is 2. The van der Waals surface area contributed by atoms with Gasteiger partial charge in [0.2, 0.25) is 0 Å². The summed E-state index contributed by atoms with van der Waals surface area (Å²) in [4.78, 5) is 12.8. The lowest BCUT2D eigenvalue weighted by Gasteiger charge is -2.24. The molecule has 0 amide bonds. The van der Waals surface area contributed by atoms with Gasteiger partial charge in [0.05, 0.1) is 6.61 Å². The largest absolute Gasteiger partial charge is 0.480 e. The van der Waals surface area contributed by atoms with E-state index in [4.69, 9.17) is 15.6 Å². The van der Waals surface area contributed by atoms with E-state index in [1.54, 1.807) is 7.11 Å². The Morgan fingerprint density at radius 3 is 3.07 bits per heavy atom. The molecule has 2 atom stereocenters. The van der Waals surface area contributed by atoms with Crippen LogP contribution in [0, 0.1) is 0 Å². The summed E-state index contributed by atoms with van der Waals surface area (Å²) < 4.78 is 5.12. The number of nitrogens with two attached hydrogens (primary N) is 1. The van der Waals surface area contributed by atoms with Crippen LogP contribution in [0.4, 0.5) is 0 Å². The first kappa shape index (κ1) is 12.4. The first-order chi connectivity index (χ1) is 7.15. The van der Waals surface area contributed by atoms with E-state index in [2.05, 4.69) is 4.90 Å². The fraction of sp³-hybridized carbons (Fsp3) is 0.900. The molecule has 1 heterocycles. The SMILES string of the molecule is COCC1CCCN1CCC(N)C(=O)O. The summed E-state index contributed by atoms with van der Waals surface area (Å²) in [5, 5.41) is 8.66. The molecule has 1 saturated heterocycles. The lowest BCUT2D eigenvalue weighted by atomic mass is 10.2. The number of carboxylic acids is 1. The zero-order chi connectivity index (χ0) is 11.3. The number of hydrogen-bond acceptors (Lipinski definition) is 4. The third-order valence-corrected chi connectivity index (χ3v) is 2.90. The molecule has 5 heteroatoms. The molecule has 0 aromatic heterocycles. The van der Waals surface area contributed by atoms with Gasteiger partial charge in [-0.1, -0.05) is 0 Å². The van der Waals surface area contributed by atoms with Crippen molar-refractivity contribution in [3.8, 4) is 0 Å². The third-order valence-electron chi connectivity index (χ3n) is 2.90. The first-order valence-corrected chi connectivity index (χ1v) is 5.36. The van der Waals surface area contributed by atoms with Crippen molar-refractivity contribution < 1.29 is 14.6 Å². The number of carbonyl (C=O) groups is 1. The number of aliphatic carboxylic acids is 1. The molecule has 0 radical (unpaired) electrons. The zero-order valence-electron chi connectivity index (χ0n) is 9.19. The third kappa shape index (κ3) is 3.77. The van der Waals surface area contributed by atoms with Crippen LogP contribution in [0.15, 0.2) is 0 Å². The summed E-state index contributed by atoms with van der Waals surface area (Å²) in [6.45, 7) is 2.50. The number of carboxylic acid groups (broad SMARTS) is 1. The first-order valence-electron chi connectivity index (χ1n) is 5.36. The van der Waals surface area contributed by atoms with E-state index in [9.17, 15) is 4.79 Å². The average Bonchev–Trinajstić information content (AvgIpc) is 2.62. The summed E-state index contributed by atoms with van der Waals surface area (Å²) in [7, 11) is 1.69. The van der Waals surface area contributed by atoms with Gasteiger partial charge in [-0.15, -0.1) is 0 Å². The Morgan fingerprint density at radius 2 is 2.47 bits per heavy atom. The smallest absolute Gasteiger partial charge is 0.320 e. The van der Waals surface area contributed by atoms with Gasteiger partial charge in [0.1, 0.15) is 6.04 Å². The highest BCUT2D eigenvalue weighted by Gasteiger charge is 2.25. The molecule has 0 spiro atoms. The van der Waals surface area contributed by atoms with Gasteiger partial charge in [-0.2, -0.15) is 0 Å². The van der Waals surface area contributed by atoms with E-state index in [0.29, 0.717) is 12.5 Å². The van der Waals surface area contributed by atoms with E-state index < -0.39 is 12.0 Å². The molecule has 0 saturated carbocycles. The van der Waals surface area contributed by atoms with Crippen molar-refractivity contribution in [2.45, 2.75) is 31.3 Å². The Labute approximate surface area is 90.2 Å². The Bertz CT molecular complexity index is 211. The predicted molar refractivity (Wildman–Crippen MR) is 56.7 cm³/mol. The van der Waals surface area contributed by atoms with Gasteiger partial charge in [0.15, 0.2) is 0 Å². The normalized spacial score (nSPS) is 24.3. The van der Waals surface area contributed by atoms with Crippen molar-refractivity contribution in [3.63, 3.8) is 0 Å². The highest BCUT2D eigenvalue weighted by Crippen LogP contribution is 2.17. The molecule has 0 aromatic rings. The Kier molecular flexibility index (Phi) is 5.01. The fourth-order valence-electron chi connectivity index (χ4n) is 2.00. The molecular weight excluding hydrogens is 196 g/mol. The van der Waals surface area contributed by atoms with Gasteiger partial charge in [-0.25, -0.2) is 0 Å². The molecular formula is C10H20N2O3. The molecule has 5 nitrogen and oxygen atoms in total. The minimum atomic E-state index is -0.919. The van der Waals surface area contributed by atoms with Crippen LogP contribution in [0.3, 0.4) is 0 Å². The molecule has 1 fully saturated rings. The number of rotatable bonds is 6. The van der Waals surface area contributed by atoms with Gasteiger partial charge in [-0.05, 0) is 25.8 Å². The monoisotopic (exact) mass is 216 g/mol. The minimum absolute atomic E-state index is 0.441. The van der Waals surface area contributed by atoms with Crippen LogP contribution in [0.5, 0.6) is 0 Å². The Hall–Kier alpha value is -0.650. The lowest BCUT2D eigenvalue weighted by molar-refractivity contribution is -0.138. The molecule has 1 aliphatic heterocycles. The Balaban J connectivity index is 2.28. The quantitative estimate of drug-likeness (QED) is 0.648. The van der Waals surface area contributed by atoms with E-state index in [0.717, 1.165) is 32.5 Å². The second-order valence-electron chi connectivity index (χ2n) is 4.02.